The maximum absolute atomic E-state index is 11.7. The summed E-state index contributed by atoms with van der Waals surface area (Å²) in [5.74, 6) is 0.196. The summed E-state index contributed by atoms with van der Waals surface area (Å²) in [6.07, 6.45) is 0. The van der Waals surface area contributed by atoms with Gasteiger partial charge in [0, 0.05) is 4.88 Å². The van der Waals surface area contributed by atoms with E-state index < -0.39 is 5.97 Å². The molecule has 32 heavy (non-hydrogen) atoms. The van der Waals surface area contributed by atoms with Gasteiger partial charge in [-0.2, -0.15) is 0 Å². The minimum atomic E-state index is -0.390. The smallest absolute Gasteiger partial charge is 0.337 e. The Bertz CT molecular complexity index is 1230. The van der Waals surface area contributed by atoms with Gasteiger partial charge in [-0.1, -0.05) is 48.0 Å². The zero-order valence-corrected chi connectivity index (χ0v) is 19.7. The molecule has 4 aromatic rings. The molecule has 0 radical (unpaired) electrons. The molecule has 3 aromatic carbocycles. The van der Waals surface area contributed by atoms with Crippen LogP contribution < -0.4 is 9.46 Å². The molecule has 4 nitrogen and oxygen atoms in total. The second kappa shape index (κ2) is 9.94. The fourth-order valence-corrected chi connectivity index (χ4v) is 5.06. The van der Waals surface area contributed by atoms with Crippen LogP contribution in [0.4, 0.5) is 5.69 Å². The Morgan fingerprint density at radius 1 is 0.875 bits per heavy atom. The summed E-state index contributed by atoms with van der Waals surface area (Å²) >= 11 is 3.24. The van der Waals surface area contributed by atoms with Crippen molar-refractivity contribution < 1.29 is 14.3 Å². The number of esters is 1. The molecule has 162 valence electrons. The van der Waals surface area contributed by atoms with Crippen molar-refractivity contribution in [3.05, 3.63) is 90.0 Å². The molecule has 0 unspecified atom stereocenters. The number of aryl methyl sites for hydroxylation is 1. The zero-order valence-electron chi connectivity index (χ0n) is 18.0. The third-order valence-electron chi connectivity index (χ3n) is 5.00. The van der Waals surface area contributed by atoms with Crippen LogP contribution in [0.5, 0.6) is 5.75 Å². The molecule has 0 spiro atoms. The third kappa shape index (κ3) is 4.98. The van der Waals surface area contributed by atoms with Crippen LogP contribution in [0.1, 0.15) is 15.9 Å². The van der Waals surface area contributed by atoms with Gasteiger partial charge >= 0.3 is 5.97 Å². The third-order valence-corrected chi connectivity index (χ3v) is 7.09. The molecule has 6 heteroatoms. The standard InChI is InChI=1S/C26H23NO3S2/c1-17-7-9-18(10-8-17)19-5-4-6-20(15-19)24-13-14-25(31-24)32-27-22-12-11-21(26(28)30-3)16-23(22)29-2/h4-16,27H,1-3H3. The molecule has 0 saturated carbocycles. The highest BCUT2D eigenvalue weighted by atomic mass is 32.2. The number of hydrogen-bond acceptors (Lipinski definition) is 6. The molecular weight excluding hydrogens is 438 g/mol. The number of hydrogen-bond donors (Lipinski definition) is 1. The van der Waals surface area contributed by atoms with Crippen molar-refractivity contribution in [2.24, 2.45) is 0 Å². The SMILES string of the molecule is COC(=O)c1ccc(NSc2ccc(-c3cccc(-c4ccc(C)cc4)c3)s2)c(OC)c1. The number of carbonyl (C=O) groups excluding carboxylic acids is 1. The van der Waals surface area contributed by atoms with Crippen molar-refractivity contribution in [3.63, 3.8) is 0 Å². The summed E-state index contributed by atoms with van der Waals surface area (Å²) in [6.45, 7) is 2.10. The Labute approximate surface area is 196 Å². The van der Waals surface area contributed by atoms with Crippen LogP contribution in [-0.2, 0) is 4.74 Å². The van der Waals surface area contributed by atoms with Gasteiger partial charge in [0.15, 0.2) is 0 Å². The van der Waals surface area contributed by atoms with Crippen molar-refractivity contribution in [2.75, 3.05) is 18.9 Å². The molecule has 1 aromatic heterocycles. The molecule has 0 atom stereocenters. The van der Waals surface area contributed by atoms with Crippen molar-refractivity contribution in [3.8, 4) is 27.3 Å². The summed E-state index contributed by atoms with van der Waals surface area (Å²) in [5, 5.41) is 0. The van der Waals surface area contributed by atoms with E-state index in [4.69, 9.17) is 9.47 Å². The highest BCUT2D eigenvalue weighted by Gasteiger charge is 2.11. The quantitative estimate of drug-likeness (QED) is 0.231. The predicted molar refractivity (Wildman–Crippen MR) is 134 cm³/mol. The largest absolute Gasteiger partial charge is 0.495 e. The highest BCUT2D eigenvalue weighted by Crippen LogP contribution is 2.37. The zero-order chi connectivity index (χ0) is 22.5. The Hall–Kier alpha value is -3.22. The van der Waals surface area contributed by atoms with Gasteiger partial charge in [-0.25, -0.2) is 4.79 Å². The molecule has 0 bridgehead atoms. The van der Waals surface area contributed by atoms with E-state index in [0.29, 0.717) is 11.3 Å². The van der Waals surface area contributed by atoms with Gasteiger partial charge in [-0.15, -0.1) is 11.3 Å². The number of benzene rings is 3. The highest BCUT2D eigenvalue weighted by molar-refractivity contribution is 8.02. The fraction of sp³-hybridized carbons (Fsp3) is 0.115. The van der Waals surface area contributed by atoms with Crippen LogP contribution in [-0.4, -0.2) is 20.2 Å². The van der Waals surface area contributed by atoms with Gasteiger partial charge in [0.05, 0.1) is 29.7 Å². The first kappa shape index (κ1) is 22.0. The molecule has 1 N–H and O–H groups in total. The van der Waals surface area contributed by atoms with Crippen molar-refractivity contribution >= 4 is 34.9 Å². The normalized spacial score (nSPS) is 10.6. The van der Waals surface area contributed by atoms with E-state index in [1.54, 1.807) is 30.6 Å². The van der Waals surface area contributed by atoms with Gasteiger partial charge < -0.3 is 14.2 Å². The Morgan fingerprint density at radius 2 is 1.66 bits per heavy atom. The van der Waals surface area contributed by atoms with Gasteiger partial charge in [0.1, 0.15) is 5.75 Å². The van der Waals surface area contributed by atoms with E-state index in [-0.39, 0.29) is 0 Å². The maximum atomic E-state index is 11.7. The number of thiophene rings is 1. The summed E-state index contributed by atoms with van der Waals surface area (Å²) in [4.78, 5) is 12.9. The topological polar surface area (TPSA) is 47.6 Å². The summed E-state index contributed by atoms with van der Waals surface area (Å²) < 4.78 is 14.6. The number of methoxy groups -OCH3 is 2. The lowest BCUT2D eigenvalue weighted by Crippen LogP contribution is -2.02. The minimum Gasteiger partial charge on any atom is -0.495 e. The van der Waals surface area contributed by atoms with Crippen molar-refractivity contribution in [1.82, 2.24) is 0 Å². The van der Waals surface area contributed by atoms with Crippen molar-refractivity contribution in [2.45, 2.75) is 11.1 Å². The van der Waals surface area contributed by atoms with Crippen LogP contribution >= 0.6 is 23.3 Å². The lowest BCUT2D eigenvalue weighted by Gasteiger charge is -2.11. The van der Waals surface area contributed by atoms with Gasteiger partial charge in [0.25, 0.3) is 0 Å². The molecule has 4 rings (SSSR count). The van der Waals surface area contributed by atoms with Gasteiger partial charge in [-0.05, 0) is 72.0 Å². The molecule has 0 amide bonds. The number of anilines is 1. The van der Waals surface area contributed by atoms with Crippen LogP contribution in [0.15, 0.2) is 83.1 Å². The summed E-state index contributed by atoms with van der Waals surface area (Å²) in [6, 6.07) is 26.7. The number of ether oxygens (including phenoxy) is 2. The van der Waals surface area contributed by atoms with Gasteiger partial charge in [0.2, 0.25) is 0 Å². The molecule has 0 fully saturated rings. The van der Waals surface area contributed by atoms with Gasteiger partial charge in [-0.3, -0.25) is 0 Å². The molecule has 0 saturated heterocycles. The minimum absolute atomic E-state index is 0.390. The monoisotopic (exact) mass is 461 g/mol. The number of rotatable bonds is 7. The molecule has 0 aliphatic carbocycles. The van der Waals surface area contributed by atoms with Crippen molar-refractivity contribution in [1.29, 1.82) is 0 Å². The fourth-order valence-electron chi connectivity index (χ4n) is 3.25. The average molecular weight is 462 g/mol. The van der Waals surface area contributed by atoms with Crippen LogP contribution in [0, 0.1) is 6.92 Å². The van der Waals surface area contributed by atoms with E-state index >= 15 is 0 Å². The second-order valence-electron chi connectivity index (χ2n) is 7.18. The number of carbonyl (C=O) groups is 1. The lowest BCUT2D eigenvalue weighted by molar-refractivity contribution is 0.0600. The van der Waals surface area contributed by atoms with E-state index in [1.807, 2.05) is 6.07 Å². The molecular formula is C26H23NO3S2. The van der Waals surface area contributed by atoms with E-state index in [1.165, 1.54) is 46.2 Å². The average Bonchev–Trinajstić information content (AvgIpc) is 3.32. The lowest BCUT2D eigenvalue weighted by atomic mass is 10.0. The summed E-state index contributed by atoms with van der Waals surface area (Å²) in [5.41, 5.74) is 6.12. The maximum Gasteiger partial charge on any atom is 0.337 e. The first-order valence-corrected chi connectivity index (χ1v) is 11.7. The summed E-state index contributed by atoms with van der Waals surface area (Å²) in [7, 11) is 2.94. The Morgan fingerprint density at radius 3 is 2.41 bits per heavy atom. The predicted octanol–water partition coefficient (Wildman–Crippen LogP) is 7.30. The molecule has 0 aliphatic rings. The van der Waals surface area contributed by atoms with Crippen LogP contribution in [0.25, 0.3) is 21.6 Å². The van der Waals surface area contributed by atoms with E-state index in [9.17, 15) is 4.79 Å². The Kier molecular flexibility index (Phi) is 6.83. The molecule has 1 heterocycles. The van der Waals surface area contributed by atoms with Crippen LogP contribution in [0.3, 0.4) is 0 Å². The van der Waals surface area contributed by atoms with E-state index in [2.05, 4.69) is 72.3 Å². The second-order valence-corrected chi connectivity index (χ2v) is 9.37. The first-order chi connectivity index (χ1) is 15.6. The van der Waals surface area contributed by atoms with E-state index in [0.717, 1.165) is 9.90 Å². The number of nitrogens with one attached hydrogen (secondary N) is 1. The first-order valence-electron chi connectivity index (χ1n) is 10.0. The molecule has 0 aliphatic heterocycles. The van der Waals surface area contributed by atoms with Crippen LogP contribution in [0.2, 0.25) is 0 Å². The Balaban J connectivity index is 1.49.